The van der Waals surface area contributed by atoms with Gasteiger partial charge in [-0.15, -0.1) is 0 Å². The molecule has 166 valence electrons. The topological polar surface area (TPSA) is 96.7 Å². The van der Waals surface area contributed by atoms with E-state index in [0.29, 0.717) is 38.1 Å². The Morgan fingerprint density at radius 2 is 2.09 bits per heavy atom. The Labute approximate surface area is 185 Å². The van der Waals surface area contributed by atoms with Crippen LogP contribution in [-0.2, 0) is 22.6 Å². The van der Waals surface area contributed by atoms with Crippen LogP contribution in [0.3, 0.4) is 0 Å². The molecule has 1 saturated heterocycles. The van der Waals surface area contributed by atoms with Gasteiger partial charge in [-0.1, -0.05) is 18.2 Å². The first-order valence-corrected chi connectivity index (χ1v) is 11.0. The number of likely N-dealkylation sites (tertiary alicyclic amines) is 1. The van der Waals surface area contributed by atoms with Crippen molar-refractivity contribution in [2.45, 2.75) is 44.4 Å². The lowest BCUT2D eigenvalue weighted by atomic mass is 10.0. The van der Waals surface area contributed by atoms with Crippen LogP contribution in [0.5, 0.6) is 5.75 Å². The number of aromatic nitrogens is 2. The Balaban J connectivity index is 1.16. The average molecular weight is 434 g/mol. The Morgan fingerprint density at radius 3 is 2.97 bits per heavy atom. The van der Waals surface area contributed by atoms with E-state index >= 15 is 0 Å². The number of benzene rings is 2. The first-order valence-electron chi connectivity index (χ1n) is 11.0. The number of amides is 2. The Hall–Kier alpha value is -3.39. The van der Waals surface area contributed by atoms with Gasteiger partial charge in [0.15, 0.2) is 0 Å². The number of aryl methyl sites for hydroxylation is 2. The average Bonchev–Trinajstić information content (AvgIpc) is 3.21. The molecule has 2 N–H and O–H groups in total. The number of aliphatic hydroxyl groups excluding tert-OH is 1. The van der Waals surface area contributed by atoms with Crippen LogP contribution in [0.2, 0.25) is 0 Å². The number of aliphatic hydroxyl groups is 1. The number of rotatable bonds is 5. The van der Waals surface area contributed by atoms with Gasteiger partial charge in [-0.25, -0.2) is 4.98 Å². The molecule has 2 aliphatic rings. The highest BCUT2D eigenvalue weighted by Crippen LogP contribution is 2.29. The van der Waals surface area contributed by atoms with E-state index < -0.39 is 12.2 Å². The van der Waals surface area contributed by atoms with Crippen LogP contribution in [0.25, 0.3) is 11.0 Å². The number of carbonyl (C=O) groups is 2. The van der Waals surface area contributed by atoms with Gasteiger partial charge in [-0.05, 0) is 30.2 Å². The zero-order valence-corrected chi connectivity index (χ0v) is 17.7. The van der Waals surface area contributed by atoms with Crippen LogP contribution in [-0.4, -0.2) is 56.7 Å². The van der Waals surface area contributed by atoms with Crippen molar-refractivity contribution in [1.29, 1.82) is 0 Å². The summed E-state index contributed by atoms with van der Waals surface area (Å²) in [5.74, 6) is 0.628. The van der Waals surface area contributed by atoms with Gasteiger partial charge in [-0.3, -0.25) is 9.59 Å². The number of hydrogen-bond acceptors (Lipinski definition) is 5. The third-order valence-electron chi connectivity index (χ3n) is 6.23. The third-order valence-corrected chi connectivity index (χ3v) is 6.23. The second kappa shape index (κ2) is 8.63. The standard InChI is InChI=1S/C24H26N4O4/c29-21-14-27(24(31)10-12-28-15-25-18-3-1-2-4-20(18)28)11-9-22(21)32-17-7-5-16-6-8-23(30)26-19(16)13-17/h1-5,7,13,15,21-22,29H,6,8-12,14H2,(H,26,30)/t21-,22-/m1/s1. The normalized spacial score (nSPS) is 20.7. The van der Waals surface area contributed by atoms with Crippen LogP contribution in [0.15, 0.2) is 48.8 Å². The van der Waals surface area contributed by atoms with Crippen LogP contribution >= 0.6 is 0 Å². The lowest BCUT2D eigenvalue weighted by Gasteiger charge is -2.36. The van der Waals surface area contributed by atoms with E-state index in [0.717, 1.165) is 28.7 Å². The molecule has 0 aliphatic carbocycles. The summed E-state index contributed by atoms with van der Waals surface area (Å²) < 4.78 is 7.99. The minimum absolute atomic E-state index is 0.00481. The van der Waals surface area contributed by atoms with Crippen molar-refractivity contribution in [3.63, 3.8) is 0 Å². The van der Waals surface area contributed by atoms with Crippen molar-refractivity contribution in [2.75, 3.05) is 18.4 Å². The molecule has 1 aromatic heterocycles. The summed E-state index contributed by atoms with van der Waals surface area (Å²) in [5, 5.41) is 13.5. The summed E-state index contributed by atoms with van der Waals surface area (Å²) in [6, 6.07) is 13.5. The number of carbonyl (C=O) groups excluding carboxylic acids is 2. The molecular formula is C24H26N4O4. The van der Waals surface area contributed by atoms with Crippen molar-refractivity contribution in [2.24, 2.45) is 0 Å². The van der Waals surface area contributed by atoms with Crippen LogP contribution < -0.4 is 10.1 Å². The first-order chi connectivity index (χ1) is 15.6. The fourth-order valence-corrected chi connectivity index (χ4v) is 4.44. The summed E-state index contributed by atoms with van der Waals surface area (Å²) in [5.41, 5.74) is 3.78. The molecular weight excluding hydrogens is 408 g/mol. The highest BCUT2D eigenvalue weighted by molar-refractivity contribution is 5.94. The van der Waals surface area contributed by atoms with E-state index in [2.05, 4.69) is 10.3 Å². The second-order valence-electron chi connectivity index (χ2n) is 8.40. The molecule has 2 atom stereocenters. The van der Waals surface area contributed by atoms with E-state index in [1.165, 1.54) is 0 Å². The van der Waals surface area contributed by atoms with Crippen molar-refractivity contribution < 1.29 is 19.4 Å². The zero-order valence-electron chi connectivity index (χ0n) is 17.7. The molecule has 3 aromatic rings. The molecule has 5 rings (SSSR count). The maximum Gasteiger partial charge on any atom is 0.224 e. The number of nitrogens with zero attached hydrogens (tertiary/aromatic N) is 3. The highest BCUT2D eigenvalue weighted by atomic mass is 16.5. The zero-order chi connectivity index (χ0) is 22.1. The largest absolute Gasteiger partial charge is 0.488 e. The summed E-state index contributed by atoms with van der Waals surface area (Å²) >= 11 is 0. The van der Waals surface area contributed by atoms with E-state index in [-0.39, 0.29) is 18.4 Å². The minimum Gasteiger partial charge on any atom is -0.488 e. The van der Waals surface area contributed by atoms with Crippen LogP contribution in [0.1, 0.15) is 24.8 Å². The van der Waals surface area contributed by atoms with E-state index in [9.17, 15) is 14.7 Å². The maximum atomic E-state index is 12.7. The number of nitrogens with one attached hydrogen (secondary N) is 1. The van der Waals surface area contributed by atoms with Gasteiger partial charge < -0.3 is 24.6 Å². The number of para-hydroxylation sites is 2. The van der Waals surface area contributed by atoms with Gasteiger partial charge in [0, 0.05) is 44.1 Å². The number of fused-ring (bicyclic) bond motifs is 2. The van der Waals surface area contributed by atoms with Crippen LogP contribution in [0.4, 0.5) is 5.69 Å². The molecule has 8 nitrogen and oxygen atoms in total. The molecule has 32 heavy (non-hydrogen) atoms. The predicted molar refractivity (Wildman–Crippen MR) is 119 cm³/mol. The molecule has 1 fully saturated rings. The maximum absolute atomic E-state index is 12.7. The number of imidazole rings is 1. The van der Waals surface area contributed by atoms with Crippen LogP contribution in [0, 0.1) is 0 Å². The highest BCUT2D eigenvalue weighted by Gasteiger charge is 2.31. The first kappa shape index (κ1) is 20.5. The van der Waals surface area contributed by atoms with E-state index in [1.54, 1.807) is 11.2 Å². The molecule has 0 bridgehead atoms. The number of hydrogen-bond donors (Lipinski definition) is 2. The molecule has 3 heterocycles. The lowest BCUT2D eigenvalue weighted by Crippen LogP contribution is -2.51. The molecule has 8 heteroatoms. The third kappa shape index (κ3) is 4.18. The molecule has 2 aliphatic heterocycles. The van der Waals surface area contributed by atoms with Crippen molar-refractivity contribution in [3.05, 3.63) is 54.4 Å². The van der Waals surface area contributed by atoms with Gasteiger partial charge >= 0.3 is 0 Å². The second-order valence-corrected chi connectivity index (χ2v) is 8.40. The molecule has 0 unspecified atom stereocenters. The van der Waals surface area contributed by atoms with E-state index in [4.69, 9.17) is 4.74 Å². The summed E-state index contributed by atoms with van der Waals surface area (Å²) in [6.07, 6.45) is 2.71. The smallest absolute Gasteiger partial charge is 0.224 e. The summed E-state index contributed by atoms with van der Waals surface area (Å²) in [6.45, 7) is 1.33. The Kier molecular flexibility index (Phi) is 5.53. The predicted octanol–water partition coefficient (Wildman–Crippen LogP) is 2.35. The quantitative estimate of drug-likeness (QED) is 0.643. The van der Waals surface area contributed by atoms with Gasteiger partial charge in [0.1, 0.15) is 18.0 Å². The Bertz CT molecular complexity index is 1160. The number of ether oxygens (including phenoxy) is 1. The number of anilines is 1. The number of piperidine rings is 1. The number of β-amino-alcohol motifs (C(OH)–C–C–N with tert-alkyl or cyclic N) is 1. The molecule has 0 radical (unpaired) electrons. The van der Waals surface area contributed by atoms with Gasteiger partial charge in [0.25, 0.3) is 0 Å². The molecule has 0 spiro atoms. The van der Waals surface area contributed by atoms with E-state index in [1.807, 2.05) is 47.0 Å². The van der Waals surface area contributed by atoms with Gasteiger partial charge in [0.2, 0.25) is 11.8 Å². The van der Waals surface area contributed by atoms with Gasteiger partial charge in [-0.2, -0.15) is 0 Å². The summed E-state index contributed by atoms with van der Waals surface area (Å²) in [7, 11) is 0. The fraction of sp³-hybridized carbons (Fsp3) is 0.375. The SMILES string of the molecule is O=C1CCc2ccc(O[C@@H]3CCN(C(=O)CCn4cnc5ccccc54)C[C@H]3O)cc2N1. The minimum atomic E-state index is -0.771. The monoisotopic (exact) mass is 434 g/mol. The summed E-state index contributed by atoms with van der Waals surface area (Å²) in [4.78, 5) is 30.4. The lowest BCUT2D eigenvalue weighted by molar-refractivity contribution is -0.137. The van der Waals surface area contributed by atoms with Gasteiger partial charge in [0.05, 0.1) is 23.9 Å². The van der Waals surface area contributed by atoms with Crippen molar-refractivity contribution >= 4 is 28.5 Å². The van der Waals surface area contributed by atoms with Crippen molar-refractivity contribution in [3.8, 4) is 5.75 Å². The molecule has 2 amide bonds. The fourth-order valence-electron chi connectivity index (χ4n) is 4.44. The Morgan fingerprint density at radius 1 is 1.22 bits per heavy atom. The molecule has 0 saturated carbocycles. The van der Waals surface area contributed by atoms with Crippen molar-refractivity contribution in [1.82, 2.24) is 14.5 Å². The molecule has 2 aromatic carbocycles.